The summed E-state index contributed by atoms with van der Waals surface area (Å²) in [6, 6.07) is 1.91. The number of carboxylic acids is 1. The number of likely N-dealkylation sites (tertiary alicyclic amines) is 1. The first kappa shape index (κ1) is 38.4. The van der Waals surface area contributed by atoms with Gasteiger partial charge in [0, 0.05) is 48.9 Å². The van der Waals surface area contributed by atoms with E-state index in [-0.39, 0.29) is 61.3 Å². The van der Waals surface area contributed by atoms with E-state index in [2.05, 4.69) is 15.6 Å². The Bertz CT molecular complexity index is 1330. The molecule has 2 heterocycles. The number of aromatic nitrogens is 1. The highest BCUT2D eigenvalue weighted by atomic mass is 33.1. The molecule has 252 valence electrons. The average molecular weight is 686 g/mol. The fourth-order valence-corrected chi connectivity index (χ4v) is 6.26. The van der Waals surface area contributed by atoms with Crippen LogP contribution < -0.4 is 10.6 Å². The molecule has 3 N–H and O–H groups in total. The number of ether oxygens (including phenoxy) is 1. The van der Waals surface area contributed by atoms with Gasteiger partial charge in [-0.15, -0.1) is 0 Å². The molecular weight excluding hydrogens is 648 g/mol. The third-order valence-corrected chi connectivity index (χ3v) is 9.10. The van der Waals surface area contributed by atoms with Gasteiger partial charge >= 0.3 is 11.9 Å². The van der Waals surface area contributed by atoms with E-state index in [1.807, 2.05) is 0 Å². The van der Waals surface area contributed by atoms with Crippen LogP contribution in [0.5, 0.6) is 0 Å². The van der Waals surface area contributed by atoms with Gasteiger partial charge in [-0.3, -0.25) is 33.8 Å². The van der Waals surface area contributed by atoms with Crippen LogP contribution in [0.1, 0.15) is 62.5 Å². The molecule has 1 saturated heterocycles. The van der Waals surface area contributed by atoms with E-state index < -0.39 is 66.4 Å². The smallest absolute Gasteiger partial charge is 0.308 e. The van der Waals surface area contributed by atoms with Crippen molar-refractivity contribution in [1.82, 2.24) is 20.5 Å². The number of hydrogen-bond donors (Lipinski definition) is 3. The van der Waals surface area contributed by atoms with Crippen LogP contribution >= 0.6 is 21.6 Å². The molecule has 0 radical (unpaired) electrons. The van der Waals surface area contributed by atoms with E-state index >= 15 is 0 Å². The van der Waals surface area contributed by atoms with Crippen LogP contribution in [0.15, 0.2) is 18.3 Å². The Kier molecular flexibility index (Phi) is 15.4. The first-order valence-corrected chi connectivity index (χ1v) is 16.9. The number of Topliss-reactive ketones (excluding diaryl/α,β-unsaturated/α-hetero) is 1. The molecule has 1 aromatic heterocycles. The summed E-state index contributed by atoms with van der Waals surface area (Å²) in [5.74, 6) is -7.57. The predicted molar refractivity (Wildman–Crippen MR) is 164 cm³/mol. The minimum Gasteiger partial charge on any atom is -0.481 e. The molecule has 1 aromatic rings. The summed E-state index contributed by atoms with van der Waals surface area (Å²) in [7, 11) is 2.59. The fraction of sp³-hybridized carbons (Fsp3) is 0.586. The number of esters is 1. The Balaban J connectivity index is 1.76. The molecule has 0 aliphatic carbocycles. The van der Waals surface area contributed by atoms with Gasteiger partial charge in [0.05, 0.1) is 36.7 Å². The van der Waals surface area contributed by atoms with E-state index in [4.69, 9.17) is 10.00 Å². The SMILES string of the molecule is CC(C)C(=O)OCCSSCC(CC(=O)CCC(=O)NCc1cc(C(=O)N[C@H](C)C(=O)N2CC(F)(F)C[C@H]2C#N)ccn1)C(=O)O. The number of halogens is 2. The molecule has 1 aliphatic rings. The van der Waals surface area contributed by atoms with Crippen LogP contribution in [0.2, 0.25) is 0 Å². The van der Waals surface area contributed by atoms with E-state index in [1.165, 1.54) is 46.8 Å². The molecule has 0 saturated carbocycles. The molecular formula is C29H37F2N5O8S2. The number of aliphatic carboxylic acids is 1. The quantitative estimate of drug-likeness (QED) is 0.116. The lowest BCUT2D eigenvalue weighted by Crippen LogP contribution is -2.48. The van der Waals surface area contributed by atoms with Gasteiger partial charge in [0.15, 0.2) is 0 Å². The maximum Gasteiger partial charge on any atom is 0.308 e. The first-order chi connectivity index (χ1) is 21.6. The Labute approximate surface area is 273 Å². The zero-order valence-electron chi connectivity index (χ0n) is 25.6. The summed E-state index contributed by atoms with van der Waals surface area (Å²) in [6.07, 6.45) is -0.0653. The van der Waals surface area contributed by atoms with Crippen molar-refractivity contribution in [3.63, 3.8) is 0 Å². The van der Waals surface area contributed by atoms with Crippen LogP contribution in [0, 0.1) is 23.2 Å². The van der Waals surface area contributed by atoms with Crippen molar-refractivity contribution >= 4 is 57.0 Å². The number of hydrogen-bond acceptors (Lipinski definition) is 11. The van der Waals surface area contributed by atoms with Crippen molar-refractivity contribution < 1.29 is 47.4 Å². The predicted octanol–water partition coefficient (Wildman–Crippen LogP) is 2.60. The number of alkyl halides is 2. The van der Waals surface area contributed by atoms with Crippen LogP contribution in [0.3, 0.4) is 0 Å². The second-order valence-corrected chi connectivity index (χ2v) is 13.5. The molecule has 1 fully saturated rings. The lowest BCUT2D eigenvalue weighted by Gasteiger charge is -2.23. The molecule has 13 nitrogen and oxygen atoms in total. The second-order valence-electron chi connectivity index (χ2n) is 10.9. The van der Waals surface area contributed by atoms with Gasteiger partial charge < -0.3 is 25.4 Å². The van der Waals surface area contributed by atoms with Gasteiger partial charge in [-0.1, -0.05) is 35.4 Å². The summed E-state index contributed by atoms with van der Waals surface area (Å²) >= 11 is 0. The van der Waals surface area contributed by atoms with Gasteiger partial charge in [-0.25, -0.2) is 8.78 Å². The van der Waals surface area contributed by atoms with Gasteiger partial charge in [0.1, 0.15) is 24.5 Å². The third kappa shape index (κ3) is 12.9. The molecule has 2 rings (SSSR count). The molecule has 0 bridgehead atoms. The van der Waals surface area contributed by atoms with Crippen molar-refractivity contribution in [3.8, 4) is 6.07 Å². The number of ketones is 1. The van der Waals surface area contributed by atoms with Gasteiger partial charge in [0.25, 0.3) is 11.8 Å². The molecule has 1 unspecified atom stereocenters. The Hall–Kier alpha value is -3.78. The highest BCUT2D eigenvalue weighted by molar-refractivity contribution is 8.76. The highest BCUT2D eigenvalue weighted by Gasteiger charge is 2.48. The molecule has 0 spiro atoms. The minimum atomic E-state index is -3.19. The van der Waals surface area contributed by atoms with E-state index in [1.54, 1.807) is 19.9 Å². The number of amides is 3. The molecule has 3 amide bonds. The Morgan fingerprint density at radius 1 is 1.20 bits per heavy atom. The van der Waals surface area contributed by atoms with Crippen molar-refractivity contribution in [2.45, 2.75) is 71.0 Å². The largest absolute Gasteiger partial charge is 0.481 e. The minimum absolute atomic E-state index is 0.0879. The van der Waals surface area contributed by atoms with Gasteiger partial charge in [-0.05, 0) is 19.1 Å². The second kappa shape index (κ2) is 18.4. The summed E-state index contributed by atoms with van der Waals surface area (Å²) in [4.78, 5) is 77.9. The summed E-state index contributed by atoms with van der Waals surface area (Å²) in [5, 5.41) is 23.6. The molecule has 46 heavy (non-hydrogen) atoms. The number of pyridine rings is 1. The normalized spacial score (nSPS) is 16.6. The summed E-state index contributed by atoms with van der Waals surface area (Å²) in [6.45, 7) is 3.96. The summed E-state index contributed by atoms with van der Waals surface area (Å²) in [5.41, 5.74) is 0.374. The van der Waals surface area contributed by atoms with Crippen molar-refractivity contribution in [2.24, 2.45) is 11.8 Å². The monoisotopic (exact) mass is 685 g/mol. The van der Waals surface area contributed by atoms with Gasteiger partial charge in [0.2, 0.25) is 11.8 Å². The number of carbonyl (C=O) groups is 6. The number of nitriles is 1. The summed E-state index contributed by atoms with van der Waals surface area (Å²) < 4.78 is 32.5. The zero-order valence-corrected chi connectivity index (χ0v) is 27.3. The van der Waals surface area contributed by atoms with Crippen LogP contribution in [-0.2, 0) is 35.3 Å². The fourth-order valence-electron chi connectivity index (χ4n) is 4.13. The maximum absolute atomic E-state index is 13.7. The molecule has 17 heteroatoms. The van der Waals surface area contributed by atoms with Crippen molar-refractivity contribution in [1.29, 1.82) is 5.26 Å². The molecule has 3 atom stereocenters. The van der Waals surface area contributed by atoms with E-state index in [0.717, 1.165) is 4.90 Å². The maximum atomic E-state index is 13.7. The number of nitrogens with one attached hydrogen (secondary N) is 2. The highest BCUT2D eigenvalue weighted by Crippen LogP contribution is 2.32. The Morgan fingerprint density at radius 2 is 1.91 bits per heavy atom. The van der Waals surface area contributed by atoms with Crippen LogP contribution in [-0.4, -0.2) is 93.1 Å². The topological polar surface area (TPSA) is 196 Å². The van der Waals surface area contributed by atoms with Crippen LogP contribution in [0.4, 0.5) is 8.78 Å². The third-order valence-electron chi connectivity index (χ3n) is 6.65. The van der Waals surface area contributed by atoms with Crippen molar-refractivity contribution in [3.05, 3.63) is 29.6 Å². The molecule has 1 aliphatic heterocycles. The Morgan fingerprint density at radius 3 is 2.57 bits per heavy atom. The first-order valence-electron chi connectivity index (χ1n) is 14.4. The van der Waals surface area contributed by atoms with E-state index in [9.17, 15) is 42.7 Å². The number of nitrogens with zero attached hydrogens (tertiary/aromatic N) is 3. The number of rotatable bonds is 18. The number of carbonyl (C=O) groups excluding carboxylic acids is 5. The van der Waals surface area contributed by atoms with Crippen molar-refractivity contribution in [2.75, 3.05) is 24.7 Å². The van der Waals surface area contributed by atoms with E-state index in [0.29, 0.717) is 5.75 Å². The zero-order chi connectivity index (χ0) is 34.4. The lowest BCUT2D eigenvalue weighted by molar-refractivity contribution is -0.146. The lowest BCUT2D eigenvalue weighted by atomic mass is 10.0. The average Bonchev–Trinajstić information content (AvgIpc) is 3.33. The standard InChI is InChI=1S/C29H37F2N5O8S2/c1-17(2)28(43)44-8-9-45-46-15-20(27(41)42)11-23(37)4-5-24(38)34-14-21-10-19(6-7-33-21)25(39)35-18(3)26(40)36-16-29(30,31)12-22(36)13-32/h6-7,10,17-18,20,22H,4-5,8-9,11-12,14-16H2,1-3H3,(H,34,38)(H,35,39)(H,41,42)/t18-,20?,22+/m1/s1. The number of carboxylic acid groups (broad SMARTS) is 1. The molecule has 0 aromatic carbocycles. The van der Waals surface area contributed by atoms with Gasteiger partial charge in [-0.2, -0.15) is 5.26 Å². The van der Waals surface area contributed by atoms with Crippen LogP contribution in [0.25, 0.3) is 0 Å².